The van der Waals surface area contributed by atoms with Gasteiger partial charge in [-0.3, -0.25) is 13.9 Å². The van der Waals surface area contributed by atoms with Crippen molar-refractivity contribution in [3.8, 4) is 0 Å². The zero-order chi connectivity index (χ0) is 28.6. The molecule has 0 saturated carbocycles. The molecule has 7 nitrogen and oxygen atoms in total. The van der Waals surface area contributed by atoms with Crippen LogP contribution in [0.5, 0.6) is 0 Å². The van der Waals surface area contributed by atoms with Gasteiger partial charge >= 0.3 is 0 Å². The molecule has 10 heteroatoms. The van der Waals surface area contributed by atoms with Gasteiger partial charge in [-0.05, 0) is 54.3 Å². The fourth-order valence-electron chi connectivity index (χ4n) is 4.19. The molecule has 208 valence electrons. The Balaban J connectivity index is 2.04. The summed E-state index contributed by atoms with van der Waals surface area (Å²) in [6.07, 6.45) is 2.09. The quantitative estimate of drug-likeness (QED) is 0.318. The van der Waals surface area contributed by atoms with Gasteiger partial charge in [0.05, 0.1) is 22.0 Å². The summed E-state index contributed by atoms with van der Waals surface area (Å²) in [5.74, 6) is -0.869. The summed E-state index contributed by atoms with van der Waals surface area (Å²) in [7, 11) is -3.82. The van der Waals surface area contributed by atoms with Crippen molar-refractivity contribution in [1.82, 2.24) is 10.2 Å². The SMILES string of the molecule is CCNC(=O)[C@H](Cc1ccccc1)N(Cc1ccc(Cl)c(Cl)c1)C(=O)CN(c1ccc(CC)cc1)S(C)(=O)=O. The van der Waals surface area contributed by atoms with Crippen LogP contribution in [0.4, 0.5) is 5.69 Å². The first-order valence-electron chi connectivity index (χ1n) is 12.6. The Hall–Kier alpha value is -3.07. The van der Waals surface area contributed by atoms with E-state index >= 15 is 0 Å². The first-order valence-corrected chi connectivity index (χ1v) is 15.3. The van der Waals surface area contributed by atoms with Gasteiger partial charge in [-0.2, -0.15) is 0 Å². The van der Waals surface area contributed by atoms with Crippen LogP contribution in [-0.4, -0.2) is 50.5 Å². The van der Waals surface area contributed by atoms with Crippen molar-refractivity contribution in [2.45, 2.75) is 39.3 Å². The minimum atomic E-state index is -3.82. The van der Waals surface area contributed by atoms with E-state index in [1.807, 2.05) is 49.4 Å². The van der Waals surface area contributed by atoms with Crippen LogP contribution in [-0.2, 0) is 39.0 Å². The molecule has 3 aromatic carbocycles. The third-order valence-corrected chi connectivity index (χ3v) is 8.15. The molecule has 39 heavy (non-hydrogen) atoms. The average molecular weight is 591 g/mol. The number of benzene rings is 3. The van der Waals surface area contributed by atoms with Crippen LogP contribution in [0.25, 0.3) is 0 Å². The number of anilines is 1. The highest BCUT2D eigenvalue weighted by atomic mass is 35.5. The summed E-state index contributed by atoms with van der Waals surface area (Å²) < 4.78 is 26.7. The van der Waals surface area contributed by atoms with Crippen LogP contribution < -0.4 is 9.62 Å². The van der Waals surface area contributed by atoms with Gasteiger partial charge in [-0.25, -0.2) is 8.42 Å². The second-order valence-corrected chi connectivity index (χ2v) is 11.9. The third-order valence-electron chi connectivity index (χ3n) is 6.27. The number of hydrogen-bond donors (Lipinski definition) is 1. The summed E-state index contributed by atoms with van der Waals surface area (Å²) >= 11 is 12.3. The first kappa shape index (κ1) is 30.5. The molecular weight excluding hydrogens is 557 g/mol. The molecule has 0 aliphatic carbocycles. The van der Waals surface area contributed by atoms with Crippen molar-refractivity contribution in [2.75, 3.05) is 23.7 Å². The number of amides is 2. The van der Waals surface area contributed by atoms with E-state index in [-0.39, 0.29) is 18.9 Å². The van der Waals surface area contributed by atoms with E-state index in [9.17, 15) is 18.0 Å². The number of rotatable bonds is 12. The number of hydrogen-bond acceptors (Lipinski definition) is 4. The van der Waals surface area contributed by atoms with E-state index in [1.165, 1.54) is 4.90 Å². The van der Waals surface area contributed by atoms with Crippen LogP contribution in [0.3, 0.4) is 0 Å². The Morgan fingerprint density at radius 3 is 2.08 bits per heavy atom. The van der Waals surface area contributed by atoms with Crippen molar-refractivity contribution < 1.29 is 18.0 Å². The highest BCUT2D eigenvalue weighted by Gasteiger charge is 2.33. The summed E-state index contributed by atoms with van der Waals surface area (Å²) in [6, 6.07) is 20.5. The van der Waals surface area contributed by atoms with E-state index in [4.69, 9.17) is 23.2 Å². The maximum absolute atomic E-state index is 14.0. The second-order valence-electron chi connectivity index (χ2n) is 9.16. The van der Waals surface area contributed by atoms with Gasteiger partial charge < -0.3 is 10.2 Å². The second kappa shape index (κ2) is 13.8. The highest BCUT2D eigenvalue weighted by molar-refractivity contribution is 7.92. The number of aryl methyl sites for hydroxylation is 1. The molecule has 0 aromatic heterocycles. The van der Waals surface area contributed by atoms with Crippen LogP contribution in [0.15, 0.2) is 72.8 Å². The zero-order valence-corrected chi connectivity index (χ0v) is 24.6. The number of nitrogens with zero attached hydrogens (tertiary/aromatic N) is 2. The van der Waals surface area contributed by atoms with E-state index in [0.717, 1.165) is 28.1 Å². The standard InChI is InChI=1S/C29H33Cl2N3O4S/c1-4-21-11-14-24(15-12-21)34(39(3,37)38)20-28(35)33(19-23-13-16-25(30)26(31)17-23)27(29(36)32-5-2)18-22-9-7-6-8-10-22/h6-17,27H,4-5,18-20H2,1-3H3,(H,32,36)/t27-/m0/s1. The Morgan fingerprint density at radius 1 is 0.872 bits per heavy atom. The molecule has 0 saturated heterocycles. The summed E-state index contributed by atoms with van der Waals surface area (Å²) in [5, 5.41) is 3.50. The zero-order valence-electron chi connectivity index (χ0n) is 22.2. The fraction of sp³-hybridized carbons (Fsp3) is 0.310. The van der Waals surface area contributed by atoms with Gasteiger partial charge in [0.15, 0.2) is 0 Å². The lowest BCUT2D eigenvalue weighted by molar-refractivity contribution is -0.140. The Kier molecular flexibility index (Phi) is 10.8. The summed E-state index contributed by atoms with van der Waals surface area (Å²) in [6.45, 7) is 3.72. The number of nitrogens with one attached hydrogen (secondary N) is 1. The van der Waals surface area contributed by atoms with Gasteiger partial charge in [0.25, 0.3) is 0 Å². The van der Waals surface area contributed by atoms with Crippen LogP contribution in [0.2, 0.25) is 10.0 Å². The largest absolute Gasteiger partial charge is 0.355 e. The molecule has 0 fully saturated rings. The van der Waals surface area contributed by atoms with Crippen molar-refractivity contribution in [2.24, 2.45) is 0 Å². The smallest absolute Gasteiger partial charge is 0.244 e. The topological polar surface area (TPSA) is 86.8 Å². The maximum atomic E-state index is 14.0. The van der Waals surface area contributed by atoms with Crippen LogP contribution in [0, 0.1) is 0 Å². The molecule has 2 amide bonds. The van der Waals surface area contributed by atoms with Crippen molar-refractivity contribution in [1.29, 1.82) is 0 Å². The van der Waals surface area contributed by atoms with Gasteiger partial charge in [0.2, 0.25) is 21.8 Å². The molecule has 0 radical (unpaired) electrons. The molecular formula is C29H33Cl2N3O4S. The molecule has 0 unspecified atom stereocenters. The molecule has 0 spiro atoms. The molecule has 1 atom stereocenters. The van der Waals surface area contributed by atoms with E-state index < -0.39 is 28.5 Å². The number of carbonyl (C=O) groups is 2. The summed E-state index contributed by atoms with van der Waals surface area (Å²) in [4.78, 5) is 28.7. The maximum Gasteiger partial charge on any atom is 0.244 e. The number of carbonyl (C=O) groups excluding carboxylic acids is 2. The Morgan fingerprint density at radius 2 is 1.51 bits per heavy atom. The average Bonchev–Trinajstić information content (AvgIpc) is 2.91. The Bertz CT molecular complexity index is 1380. The van der Waals surface area contributed by atoms with Gasteiger partial charge in [0.1, 0.15) is 12.6 Å². The van der Waals surface area contributed by atoms with Gasteiger partial charge in [-0.15, -0.1) is 0 Å². The normalized spacial score (nSPS) is 12.0. The fourth-order valence-corrected chi connectivity index (χ4v) is 5.36. The van der Waals surface area contributed by atoms with Crippen LogP contribution >= 0.6 is 23.2 Å². The summed E-state index contributed by atoms with van der Waals surface area (Å²) in [5.41, 5.74) is 2.92. The predicted molar refractivity (Wildman–Crippen MR) is 158 cm³/mol. The van der Waals surface area contributed by atoms with Gasteiger partial charge in [0, 0.05) is 19.5 Å². The molecule has 3 aromatic rings. The van der Waals surface area contributed by atoms with E-state index in [2.05, 4.69) is 5.32 Å². The lowest BCUT2D eigenvalue weighted by atomic mass is 10.0. The lowest BCUT2D eigenvalue weighted by Crippen LogP contribution is -2.53. The molecule has 0 aliphatic rings. The van der Waals surface area contributed by atoms with Gasteiger partial charge in [-0.1, -0.05) is 78.7 Å². The van der Waals surface area contributed by atoms with E-state index in [1.54, 1.807) is 37.3 Å². The molecule has 0 aliphatic heterocycles. The number of sulfonamides is 1. The molecule has 3 rings (SSSR count). The Labute approximate surface area is 240 Å². The number of likely N-dealkylation sites (N-methyl/N-ethyl adjacent to an activating group) is 1. The van der Waals surface area contributed by atoms with Crippen molar-refractivity contribution >= 4 is 50.7 Å². The highest BCUT2D eigenvalue weighted by Crippen LogP contribution is 2.25. The number of halogens is 2. The molecule has 0 heterocycles. The van der Waals surface area contributed by atoms with Crippen LogP contribution in [0.1, 0.15) is 30.5 Å². The lowest BCUT2D eigenvalue weighted by Gasteiger charge is -2.33. The molecule has 1 N–H and O–H groups in total. The van der Waals surface area contributed by atoms with E-state index in [0.29, 0.717) is 27.8 Å². The predicted octanol–water partition coefficient (Wildman–Crippen LogP) is 5.10. The minimum Gasteiger partial charge on any atom is -0.355 e. The minimum absolute atomic E-state index is 0.0245. The van der Waals surface area contributed by atoms with Crippen molar-refractivity contribution in [3.63, 3.8) is 0 Å². The first-order chi connectivity index (χ1) is 18.5. The third kappa shape index (κ3) is 8.46. The van der Waals surface area contributed by atoms with Crippen molar-refractivity contribution in [3.05, 3.63) is 99.5 Å². The molecule has 0 bridgehead atoms. The monoisotopic (exact) mass is 589 g/mol.